The number of esters is 1. The monoisotopic (exact) mass is 302 g/mol. The van der Waals surface area contributed by atoms with Crippen molar-refractivity contribution in [1.29, 1.82) is 0 Å². The molecule has 0 radical (unpaired) electrons. The maximum Gasteiger partial charge on any atom is 0.310 e. The molecule has 0 amide bonds. The van der Waals surface area contributed by atoms with Crippen LogP contribution in [0.25, 0.3) is 0 Å². The minimum absolute atomic E-state index is 0.0840. The molecular weight excluding hydrogens is 276 g/mol. The van der Waals surface area contributed by atoms with Crippen LogP contribution >= 0.6 is 0 Å². The summed E-state index contributed by atoms with van der Waals surface area (Å²) >= 11 is 0. The molecule has 0 N–H and O–H groups in total. The largest absolute Gasteiger partial charge is 0.460 e. The lowest BCUT2D eigenvalue weighted by Crippen LogP contribution is -2.30. The molecule has 1 fully saturated rings. The van der Waals surface area contributed by atoms with Crippen LogP contribution in [0.15, 0.2) is 43.0 Å². The van der Waals surface area contributed by atoms with Gasteiger partial charge in [0.1, 0.15) is 5.60 Å². The molecule has 3 atom stereocenters. The lowest BCUT2D eigenvalue weighted by molar-refractivity contribution is -0.161. The predicted octanol–water partition coefficient (Wildman–Crippen LogP) is 4.13. The highest BCUT2D eigenvalue weighted by Crippen LogP contribution is 2.36. The van der Waals surface area contributed by atoms with Gasteiger partial charge >= 0.3 is 5.97 Å². The molecule has 0 heterocycles. The molecule has 22 heavy (non-hydrogen) atoms. The molecule has 2 rings (SSSR count). The Morgan fingerprint density at radius 1 is 1.27 bits per heavy atom. The normalized spacial score (nSPS) is 25.0. The van der Waals surface area contributed by atoms with E-state index in [1.807, 2.05) is 57.2 Å². The molecule has 3 nitrogen and oxygen atoms in total. The van der Waals surface area contributed by atoms with Crippen molar-refractivity contribution >= 4 is 5.97 Å². The third-order valence-electron chi connectivity index (χ3n) is 3.91. The van der Waals surface area contributed by atoms with Gasteiger partial charge in [0.05, 0.1) is 18.6 Å². The maximum absolute atomic E-state index is 12.3. The van der Waals surface area contributed by atoms with Gasteiger partial charge in [-0.25, -0.2) is 0 Å². The van der Waals surface area contributed by atoms with E-state index in [4.69, 9.17) is 9.47 Å². The second kappa shape index (κ2) is 7.10. The molecule has 120 valence electrons. The second-order valence-corrected chi connectivity index (χ2v) is 6.93. The highest BCUT2D eigenvalue weighted by atomic mass is 16.6. The molecular formula is C19H26O3. The third-order valence-corrected chi connectivity index (χ3v) is 3.91. The summed E-state index contributed by atoms with van der Waals surface area (Å²) in [4.78, 5) is 12.3. The maximum atomic E-state index is 12.3. The Morgan fingerprint density at radius 3 is 2.55 bits per heavy atom. The molecule has 0 saturated heterocycles. The molecule has 1 aliphatic carbocycles. The van der Waals surface area contributed by atoms with Crippen molar-refractivity contribution in [2.75, 3.05) is 0 Å². The Balaban J connectivity index is 1.91. The van der Waals surface area contributed by atoms with Crippen LogP contribution in [-0.2, 0) is 20.9 Å². The summed E-state index contributed by atoms with van der Waals surface area (Å²) in [5, 5.41) is 0. The Hall–Kier alpha value is -1.61. The average molecular weight is 302 g/mol. The number of rotatable bonds is 5. The molecule has 1 saturated carbocycles. The van der Waals surface area contributed by atoms with Gasteiger partial charge in [-0.2, -0.15) is 0 Å². The first-order valence-corrected chi connectivity index (χ1v) is 7.90. The van der Waals surface area contributed by atoms with Crippen molar-refractivity contribution in [3.8, 4) is 0 Å². The van der Waals surface area contributed by atoms with Crippen molar-refractivity contribution in [2.24, 2.45) is 11.8 Å². The number of hydrogen-bond acceptors (Lipinski definition) is 3. The van der Waals surface area contributed by atoms with E-state index in [9.17, 15) is 4.79 Å². The number of benzene rings is 1. The van der Waals surface area contributed by atoms with Gasteiger partial charge in [-0.15, -0.1) is 6.58 Å². The lowest BCUT2D eigenvalue weighted by Gasteiger charge is -2.23. The fourth-order valence-corrected chi connectivity index (χ4v) is 2.86. The minimum Gasteiger partial charge on any atom is -0.460 e. The molecule has 3 heteroatoms. The van der Waals surface area contributed by atoms with E-state index in [2.05, 4.69) is 6.58 Å². The smallest absolute Gasteiger partial charge is 0.310 e. The van der Waals surface area contributed by atoms with Gasteiger partial charge in [-0.1, -0.05) is 36.4 Å². The summed E-state index contributed by atoms with van der Waals surface area (Å²) in [6.45, 7) is 10.1. The first kappa shape index (κ1) is 16.8. The topological polar surface area (TPSA) is 35.5 Å². The van der Waals surface area contributed by atoms with Gasteiger partial charge in [-0.05, 0) is 45.1 Å². The Labute approximate surface area is 133 Å². The number of carbonyl (C=O) groups excluding carboxylic acids is 1. The van der Waals surface area contributed by atoms with Crippen LogP contribution in [0.1, 0.15) is 39.2 Å². The Morgan fingerprint density at radius 2 is 1.95 bits per heavy atom. The average Bonchev–Trinajstić information content (AvgIpc) is 2.88. The molecule has 1 aliphatic rings. The van der Waals surface area contributed by atoms with E-state index in [0.29, 0.717) is 13.0 Å². The van der Waals surface area contributed by atoms with Crippen LogP contribution < -0.4 is 0 Å². The Bertz CT molecular complexity index is 501. The van der Waals surface area contributed by atoms with Crippen molar-refractivity contribution in [1.82, 2.24) is 0 Å². The van der Waals surface area contributed by atoms with Gasteiger partial charge in [0.15, 0.2) is 0 Å². The number of hydrogen-bond donors (Lipinski definition) is 0. The number of allylic oxidation sites excluding steroid dienone is 1. The zero-order valence-corrected chi connectivity index (χ0v) is 13.7. The number of carbonyl (C=O) groups is 1. The molecule has 0 aliphatic heterocycles. The van der Waals surface area contributed by atoms with Crippen molar-refractivity contribution < 1.29 is 14.3 Å². The highest BCUT2D eigenvalue weighted by Gasteiger charge is 2.39. The lowest BCUT2D eigenvalue weighted by atomic mass is 9.96. The summed E-state index contributed by atoms with van der Waals surface area (Å²) < 4.78 is 11.5. The molecule has 0 bridgehead atoms. The fourth-order valence-electron chi connectivity index (χ4n) is 2.86. The van der Waals surface area contributed by atoms with Gasteiger partial charge in [0, 0.05) is 0 Å². The minimum atomic E-state index is -0.453. The first-order valence-electron chi connectivity index (χ1n) is 7.90. The van der Waals surface area contributed by atoms with Crippen LogP contribution in [0, 0.1) is 11.8 Å². The predicted molar refractivity (Wildman–Crippen MR) is 87.3 cm³/mol. The second-order valence-electron chi connectivity index (χ2n) is 6.93. The van der Waals surface area contributed by atoms with Gasteiger partial charge in [0.25, 0.3) is 0 Å². The first-order chi connectivity index (χ1) is 10.4. The van der Waals surface area contributed by atoms with Crippen LogP contribution in [0.4, 0.5) is 0 Å². The zero-order valence-electron chi connectivity index (χ0n) is 13.7. The SMILES string of the molecule is C=C[C@H]1C[C@H](OCc2ccccc2)C[C@H]1C(=O)OC(C)(C)C. The highest BCUT2D eigenvalue weighted by molar-refractivity contribution is 5.74. The molecule has 1 aromatic carbocycles. The molecule has 1 aromatic rings. The van der Waals surface area contributed by atoms with E-state index in [1.54, 1.807) is 0 Å². The molecule has 0 unspecified atom stereocenters. The van der Waals surface area contributed by atoms with Crippen molar-refractivity contribution in [2.45, 2.75) is 51.9 Å². The number of ether oxygens (including phenoxy) is 2. The van der Waals surface area contributed by atoms with Crippen molar-refractivity contribution in [3.05, 3.63) is 48.6 Å². The van der Waals surface area contributed by atoms with E-state index < -0.39 is 5.60 Å². The van der Waals surface area contributed by atoms with Crippen LogP contribution in [-0.4, -0.2) is 17.7 Å². The summed E-state index contributed by atoms with van der Waals surface area (Å²) in [6.07, 6.45) is 3.49. The quantitative estimate of drug-likeness (QED) is 0.606. The Kier molecular flexibility index (Phi) is 5.41. The summed E-state index contributed by atoms with van der Waals surface area (Å²) in [7, 11) is 0. The van der Waals surface area contributed by atoms with E-state index in [0.717, 1.165) is 12.0 Å². The van der Waals surface area contributed by atoms with Crippen molar-refractivity contribution in [3.63, 3.8) is 0 Å². The zero-order chi connectivity index (χ0) is 16.2. The van der Waals surface area contributed by atoms with Crippen LogP contribution in [0.2, 0.25) is 0 Å². The third kappa shape index (κ3) is 4.70. The van der Waals surface area contributed by atoms with Crippen LogP contribution in [0.3, 0.4) is 0 Å². The van der Waals surface area contributed by atoms with Gasteiger partial charge in [0.2, 0.25) is 0 Å². The van der Waals surface area contributed by atoms with E-state index >= 15 is 0 Å². The summed E-state index contributed by atoms with van der Waals surface area (Å²) in [5.74, 6) is -0.142. The fraction of sp³-hybridized carbons (Fsp3) is 0.526. The van der Waals surface area contributed by atoms with E-state index in [-0.39, 0.29) is 23.9 Å². The molecule has 0 spiro atoms. The van der Waals surface area contributed by atoms with Gasteiger partial charge in [-0.3, -0.25) is 4.79 Å². The standard InChI is InChI=1S/C19H26O3/c1-5-15-11-16(21-13-14-9-7-6-8-10-14)12-17(15)18(20)22-19(2,3)4/h5-10,15-17H,1,11-13H2,2-4H3/t15-,16-,17+/m0/s1. The van der Waals surface area contributed by atoms with Gasteiger partial charge < -0.3 is 9.47 Å². The van der Waals surface area contributed by atoms with Crippen LogP contribution in [0.5, 0.6) is 0 Å². The summed E-state index contributed by atoms with van der Waals surface area (Å²) in [5.41, 5.74) is 0.699. The summed E-state index contributed by atoms with van der Waals surface area (Å²) in [6, 6.07) is 10.1. The van der Waals surface area contributed by atoms with E-state index in [1.165, 1.54) is 0 Å². The molecule has 0 aromatic heterocycles.